The fraction of sp³-hybridized carbons (Fsp3) is 0.714. The molecule has 1 aromatic rings. The van der Waals surface area contributed by atoms with E-state index in [1.54, 1.807) is 12.5 Å². The van der Waals surface area contributed by atoms with E-state index >= 15 is 0 Å². The molecule has 1 aliphatic heterocycles. The fourth-order valence-corrected chi connectivity index (χ4v) is 2.71. The second-order valence-corrected chi connectivity index (χ2v) is 5.94. The van der Waals surface area contributed by atoms with Crippen LogP contribution in [0, 0.1) is 5.41 Å². The topological polar surface area (TPSA) is 55.0 Å². The van der Waals surface area contributed by atoms with E-state index in [0.717, 1.165) is 18.8 Å². The molecule has 0 aliphatic carbocycles. The zero-order valence-corrected chi connectivity index (χ0v) is 11.5. The van der Waals surface area contributed by atoms with Gasteiger partial charge >= 0.3 is 0 Å². The largest absolute Gasteiger partial charge is 0.329 e. The van der Waals surface area contributed by atoms with Crippen molar-refractivity contribution in [3.8, 4) is 0 Å². The van der Waals surface area contributed by atoms with Gasteiger partial charge in [-0.05, 0) is 43.8 Å². The molecule has 1 fully saturated rings. The summed E-state index contributed by atoms with van der Waals surface area (Å²) in [6.45, 7) is 7.57. The van der Waals surface area contributed by atoms with Crippen LogP contribution in [0.15, 0.2) is 18.6 Å². The predicted octanol–water partition coefficient (Wildman–Crippen LogP) is 1.99. The number of rotatable bonds is 3. The number of hydrogen-bond donors (Lipinski definition) is 1. The minimum atomic E-state index is 0.238. The van der Waals surface area contributed by atoms with Crippen molar-refractivity contribution in [1.29, 1.82) is 0 Å². The molecule has 1 saturated heterocycles. The van der Waals surface area contributed by atoms with Gasteiger partial charge in [0.15, 0.2) is 0 Å². The summed E-state index contributed by atoms with van der Waals surface area (Å²) in [5.41, 5.74) is 7.46. The van der Waals surface area contributed by atoms with Crippen molar-refractivity contribution in [2.45, 2.75) is 39.2 Å². The molecule has 0 spiro atoms. The molecule has 4 heteroatoms. The maximum atomic E-state index is 5.95. The molecule has 0 aromatic carbocycles. The Balaban J connectivity index is 2.09. The van der Waals surface area contributed by atoms with Crippen molar-refractivity contribution in [2.75, 3.05) is 19.6 Å². The van der Waals surface area contributed by atoms with Gasteiger partial charge in [0.25, 0.3) is 0 Å². The zero-order chi connectivity index (χ0) is 13.0. The number of nitrogens with two attached hydrogens (primary N) is 1. The summed E-state index contributed by atoms with van der Waals surface area (Å²) in [6, 6.07) is 2.22. The predicted molar refractivity (Wildman–Crippen MR) is 73.0 cm³/mol. The first-order chi connectivity index (χ1) is 8.62. The standard InChI is InChI=1S/C14H24N4/c1-14(2)5-3-8-18(9-6-14)13(10-15)12-4-7-16-11-17-12/h4,7,11,13H,3,5-6,8-10,15H2,1-2H3. The van der Waals surface area contributed by atoms with Gasteiger partial charge in [-0.15, -0.1) is 0 Å². The Kier molecular flexibility index (Phi) is 4.30. The van der Waals surface area contributed by atoms with Crippen LogP contribution in [0.2, 0.25) is 0 Å². The first-order valence-corrected chi connectivity index (χ1v) is 6.82. The van der Waals surface area contributed by atoms with E-state index in [-0.39, 0.29) is 6.04 Å². The molecule has 1 aliphatic rings. The smallest absolute Gasteiger partial charge is 0.115 e. The summed E-state index contributed by atoms with van der Waals surface area (Å²) >= 11 is 0. The summed E-state index contributed by atoms with van der Waals surface area (Å²) in [7, 11) is 0. The van der Waals surface area contributed by atoms with Crippen LogP contribution >= 0.6 is 0 Å². The number of likely N-dealkylation sites (tertiary alicyclic amines) is 1. The summed E-state index contributed by atoms with van der Waals surface area (Å²) in [4.78, 5) is 10.8. The molecular formula is C14H24N4. The number of aromatic nitrogens is 2. The average Bonchev–Trinajstić information content (AvgIpc) is 2.54. The third kappa shape index (κ3) is 3.27. The highest BCUT2D eigenvalue weighted by molar-refractivity contribution is 5.06. The lowest BCUT2D eigenvalue weighted by Crippen LogP contribution is -2.35. The van der Waals surface area contributed by atoms with Crippen LogP contribution in [0.25, 0.3) is 0 Å². The molecule has 2 heterocycles. The summed E-state index contributed by atoms with van der Waals surface area (Å²) in [6.07, 6.45) is 7.18. The molecule has 1 aromatic heterocycles. The van der Waals surface area contributed by atoms with Crippen molar-refractivity contribution in [2.24, 2.45) is 11.1 Å². The van der Waals surface area contributed by atoms with E-state index in [0.29, 0.717) is 12.0 Å². The van der Waals surface area contributed by atoms with Gasteiger partial charge in [0.05, 0.1) is 11.7 Å². The Morgan fingerprint density at radius 1 is 1.39 bits per heavy atom. The van der Waals surface area contributed by atoms with Crippen molar-refractivity contribution < 1.29 is 0 Å². The third-order valence-electron chi connectivity index (χ3n) is 3.98. The zero-order valence-electron chi connectivity index (χ0n) is 11.5. The summed E-state index contributed by atoms with van der Waals surface area (Å²) in [5, 5.41) is 0. The van der Waals surface area contributed by atoms with Gasteiger partial charge in [0, 0.05) is 12.7 Å². The van der Waals surface area contributed by atoms with E-state index < -0.39 is 0 Å². The first-order valence-electron chi connectivity index (χ1n) is 6.82. The average molecular weight is 248 g/mol. The van der Waals surface area contributed by atoms with Crippen LogP contribution in [0.1, 0.15) is 44.8 Å². The van der Waals surface area contributed by atoms with Crippen LogP contribution in [-0.4, -0.2) is 34.5 Å². The van der Waals surface area contributed by atoms with Crippen LogP contribution in [0.4, 0.5) is 0 Å². The molecule has 100 valence electrons. The molecule has 0 amide bonds. The van der Waals surface area contributed by atoms with E-state index in [1.165, 1.54) is 19.3 Å². The van der Waals surface area contributed by atoms with Crippen molar-refractivity contribution in [1.82, 2.24) is 14.9 Å². The van der Waals surface area contributed by atoms with E-state index in [1.807, 2.05) is 6.07 Å². The molecule has 0 saturated carbocycles. The maximum absolute atomic E-state index is 5.95. The lowest BCUT2D eigenvalue weighted by Gasteiger charge is -2.29. The van der Waals surface area contributed by atoms with Gasteiger partial charge in [-0.25, -0.2) is 9.97 Å². The van der Waals surface area contributed by atoms with E-state index in [2.05, 4.69) is 28.7 Å². The van der Waals surface area contributed by atoms with Crippen LogP contribution in [0.5, 0.6) is 0 Å². The van der Waals surface area contributed by atoms with Crippen LogP contribution in [0.3, 0.4) is 0 Å². The number of hydrogen-bond acceptors (Lipinski definition) is 4. The third-order valence-corrected chi connectivity index (χ3v) is 3.98. The van der Waals surface area contributed by atoms with Gasteiger partial charge in [-0.1, -0.05) is 13.8 Å². The number of nitrogens with zero attached hydrogens (tertiary/aromatic N) is 3. The maximum Gasteiger partial charge on any atom is 0.115 e. The van der Waals surface area contributed by atoms with E-state index in [4.69, 9.17) is 5.73 Å². The Labute approximate surface area is 110 Å². The quantitative estimate of drug-likeness (QED) is 0.888. The molecule has 0 radical (unpaired) electrons. The molecule has 2 rings (SSSR count). The highest BCUT2D eigenvalue weighted by Crippen LogP contribution is 2.32. The normalized spacial score (nSPS) is 22.4. The lowest BCUT2D eigenvalue weighted by atomic mass is 9.85. The Morgan fingerprint density at radius 3 is 2.89 bits per heavy atom. The molecular weight excluding hydrogens is 224 g/mol. The highest BCUT2D eigenvalue weighted by atomic mass is 15.2. The SMILES string of the molecule is CC1(C)CCCN(C(CN)c2ccncn2)CC1. The summed E-state index contributed by atoms with van der Waals surface area (Å²) in [5.74, 6) is 0. The minimum Gasteiger partial charge on any atom is -0.329 e. The monoisotopic (exact) mass is 248 g/mol. The van der Waals surface area contributed by atoms with Gasteiger partial charge in [0.2, 0.25) is 0 Å². The second kappa shape index (κ2) is 5.76. The highest BCUT2D eigenvalue weighted by Gasteiger charge is 2.27. The van der Waals surface area contributed by atoms with Gasteiger partial charge < -0.3 is 5.73 Å². The first kappa shape index (κ1) is 13.4. The molecule has 18 heavy (non-hydrogen) atoms. The molecule has 4 nitrogen and oxygen atoms in total. The molecule has 1 atom stereocenters. The molecule has 2 N–H and O–H groups in total. The van der Waals surface area contributed by atoms with Crippen molar-refractivity contribution in [3.63, 3.8) is 0 Å². The Hall–Kier alpha value is -1.00. The van der Waals surface area contributed by atoms with Gasteiger partial charge in [0.1, 0.15) is 6.33 Å². The Bertz CT molecular complexity index is 363. The second-order valence-electron chi connectivity index (χ2n) is 5.94. The molecule has 1 unspecified atom stereocenters. The van der Waals surface area contributed by atoms with Gasteiger partial charge in [-0.2, -0.15) is 0 Å². The minimum absolute atomic E-state index is 0.238. The van der Waals surface area contributed by atoms with Gasteiger partial charge in [-0.3, -0.25) is 4.90 Å². The van der Waals surface area contributed by atoms with Crippen molar-refractivity contribution in [3.05, 3.63) is 24.3 Å². The van der Waals surface area contributed by atoms with Crippen molar-refractivity contribution >= 4 is 0 Å². The fourth-order valence-electron chi connectivity index (χ4n) is 2.71. The lowest BCUT2D eigenvalue weighted by molar-refractivity contribution is 0.196. The van der Waals surface area contributed by atoms with E-state index in [9.17, 15) is 0 Å². The molecule has 0 bridgehead atoms. The van der Waals surface area contributed by atoms with Crippen LogP contribution < -0.4 is 5.73 Å². The Morgan fingerprint density at radius 2 is 2.22 bits per heavy atom. The van der Waals surface area contributed by atoms with Crippen LogP contribution in [-0.2, 0) is 0 Å². The summed E-state index contributed by atoms with van der Waals surface area (Å²) < 4.78 is 0.